The predicted molar refractivity (Wildman–Crippen MR) is 120 cm³/mol. The van der Waals surface area contributed by atoms with E-state index in [1.165, 1.54) is 16.3 Å². The van der Waals surface area contributed by atoms with Gasteiger partial charge in [-0.3, -0.25) is 4.98 Å². The van der Waals surface area contributed by atoms with Crippen LogP contribution in [0.1, 0.15) is 0 Å². The van der Waals surface area contributed by atoms with Gasteiger partial charge in [0.1, 0.15) is 11.2 Å². The summed E-state index contributed by atoms with van der Waals surface area (Å²) in [6.45, 7) is 4.63. The van der Waals surface area contributed by atoms with Crippen LogP contribution in [0, 0.1) is 0 Å². The Morgan fingerprint density at radius 2 is 1.46 bits per heavy atom. The van der Waals surface area contributed by atoms with Crippen molar-refractivity contribution in [3.63, 3.8) is 0 Å². The van der Waals surface area contributed by atoms with E-state index in [-0.39, 0.29) is 0 Å². The van der Waals surface area contributed by atoms with Crippen molar-refractivity contribution in [1.29, 1.82) is 0 Å². The number of nitrogens with zero attached hydrogens (tertiary/aromatic N) is 1. The van der Waals surface area contributed by atoms with Crippen LogP contribution in [0.2, 0.25) is 13.1 Å². The number of rotatable bonds is 3. The first-order valence-electron chi connectivity index (χ1n) is 9.48. The third-order valence-corrected chi connectivity index (χ3v) is 6.68. The van der Waals surface area contributed by atoms with Crippen LogP contribution < -0.4 is 5.19 Å². The van der Waals surface area contributed by atoms with E-state index >= 15 is 0 Å². The molecule has 0 amide bonds. The highest BCUT2D eigenvalue weighted by Crippen LogP contribution is 2.32. The van der Waals surface area contributed by atoms with E-state index in [1.807, 2.05) is 12.1 Å². The second kappa shape index (κ2) is 6.77. The van der Waals surface area contributed by atoms with E-state index in [9.17, 15) is 0 Å². The maximum absolute atomic E-state index is 5.97. The van der Waals surface area contributed by atoms with Crippen LogP contribution in [0.4, 0.5) is 0 Å². The maximum Gasteiger partial charge on any atom is 0.135 e. The Morgan fingerprint density at radius 3 is 2.29 bits per heavy atom. The van der Waals surface area contributed by atoms with Gasteiger partial charge in [-0.1, -0.05) is 61.6 Å². The molecule has 2 nitrogen and oxygen atoms in total. The molecule has 135 valence electrons. The summed E-state index contributed by atoms with van der Waals surface area (Å²) < 4.78 is 5.97. The maximum atomic E-state index is 5.97. The number of hydrogen-bond donors (Lipinski definition) is 0. The third kappa shape index (κ3) is 2.84. The van der Waals surface area contributed by atoms with Crippen molar-refractivity contribution in [2.75, 3.05) is 0 Å². The Balaban J connectivity index is 1.70. The van der Waals surface area contributed by atoms with E-state index in [0.29, 0.717) is 0 Å². The third-order valence-electron chi connectivity index (χ3n) is 5.20. The molecule has 0 N–H and O–H groups in total. The van der Waals surface area contributed by atoms with Crippen LogP contribution in [-0.2, 0) is 0 Å². The van der Waals surface area contributed by atoms with Gasteiger partial charge < -0.3 is 4.42 Å². The van der Waals surface area contributed by atoms with Gasteiger partial charge in [0, 0.05) is 22.5 Å². The Bertz CT molecular complexity index is 1290. The van der Waals surface area contributed by atoms with Gasteiger partial charge in [-0.05, 0) is 46.6 Å². The molecule has 28 heavy (non-hydrogen) atoms. The quantitative estimate of drug-likeness (QED) is 0.346. The van der Waals surface area contributed by atoms with Gasteiger partial charge in [-0.2, -0.15) is 0 Å². The van der Waals surface area contributed by atoms with Crippen LogP contribution >= 0.6 is 0 Å². The van der Waals surface area contributed by atoms with Crippen molar-refractivity contribution in [3.8, 4) is 22.4 Å². The zero-order chi connectivity index (χ0) is 19.1. The first-order chi connectivity index (χ1) is 13.7. The molecule has 0 saturated carbocycles. The number of para-hydroxylation sites is 1. The molecular formula is C25H20NOSi. The molecule has 0 saturated heterocycles. The number of benzene rings is 3. The van der Waals surface area contributed by atoms with Gasteiger partial charge in [0.25, 0.3) is 0 Å². The second-order valence-electron chi connectivity index (χ2n) is 7.29. The van der Waals surface area contributed by atoms with Gasteiger partial charge in [-0.25, -0.2) is 0 Å². The van der Waals surface area contributed by atoms with Crippen molar-refractivity contribution in [3.05, 3.63) is 85.1 Å². The average Bonchev–Trinajstić information content (AvgIpc) is 3.12. The van der Waals surface area contributed by atoms with E-state index < -0.39 is 8.80 Å². The summed E-state index contributed by atoms with van der Waals surface area (Å²) in [5.74, 6) is 0. The van der Waals surface area contributed by atoms with Crippen LogP contribution in [0.5, 0.6) is 0 Å². The van der Waals surface area contributed by atoms with Crippen molar-refractivity contribution in [2.45, 2.75) is 13.1 Å². The lowest BCUT2D eigenvalue weighted by molar-refractivity contribution is 0.669. The standard InChI is InChI=1S/C25H20NOSi/c1-28(2)25-16-26-22(15-20(25)17-8-4-3-5-9-17)18-12-13-24-21(14-18)19-10-6-7-11-23(19)27-24/h3-16H,1-2H3. The van der Waals surface area contributed by atoms with Crippen LogP contribution in [0.25, 0.3) is 44.3 Å². The predicted octanol–water partition coefficient (Wildman–Crippen LogP) is 6.28. The zero-order valence-electron chi connectivity index (χ0n) is 15.9. The lowest BCUT2D eigenvalue weighted by atomic mass is 10.0. The first-order valence-corrected chi connectivity index (χ1v) is 12.0. The number of pyridine rings is 1. The summed E-state index contributed by atoms with van der Waals surface area (Å²) in [6.07, 6.45) is 2.07. The summed E-state index contributed by atoms with van der Waals surface area (Å²) >= 11 is 0. The van der Waals surface area contributed by atoms with Crippen molar-refractivity contribution >= 4 is 35.9 Å². The minimum Gasteiger partial charge on any atom is -0.456 e. The van der Waals surface area contributed by atoms with Gasteiger partial charge >= 0.3 is 0 Å². The van der Waals surface area contributed by atoms with Gasteiger partial charge in [0.2, 0.25) is 0 Å². The highest BCUT2D eigenvalue weighted by atomic mass is 28.3. The second-order valence-corrected chi connectivity index (χ2v) is 9.83. The van der Waals surface area contributed by atoms with Gasteiger partial charge in [-0.15, -0.1) is 0 Å². The largest absolute Gasteiger partial charge is 0.456 e. The number of fused-ring (bicyclic) bond motifs is 3. The number of hydrogen-bond acceptors (Lipinski definition) is 2. The molecule has 0 fully saturated rings. The minimum atomic E-state index is -0.618. The fourth-order valence-corrected chi connectivity index (χ4v) is 4.83. The normalized spacial score (nSPS) is 11.5. The summed E-state index contributed by atoms with van der Waals surface area (Å²) in [4.78, 5) is 4.82. The average molecular weight is 379 g/mol. The molecule has 1 radical (unpaired) electrons. The van der Waals surface area contributed by atoms with Crippen LogP contribution in [0.3, 0.4) is 0 Å². The molecule has 5 aromatic rings. The Hall–Kier alpha value is -3.17. The number of aromatic nitrogens is 1. The molecule has 2 aromatic heterocycles. The Morgan fingerprint density at radius 1 is 0.714 bits per heavy atom. The molecule has 2 heterocycles. The van der Waals surface area contributed by atoms with Crippen LogP contribution in [0.15, 0.2) is 89.5 Å². The van der Waals surface area contributed by atoms with E-state index in [0.717, 1.165) is 33.2 Å². The van der Waals surface area contributed by atoms with Crippen LogP contribution in [-0.4, -0.2) is 13.8 Å². The summed E-state index contributed by atoms with van der Waals surface area (Å²) in [6, 6.07) is 27.4. The molecule has 3 aromatic carbocycles. The fourth-order valence-electron chi connectivity index (χ4n) is 3.75. The molecule has 0 atom stereocenters. The Kier molecular flexibility index (Phi) is 4.10. The highest BCUT2D eigenvalue weighted by Gasteiger charge is 2.14. The topological polar surface area (TPSA) is 26.0 Å². The molecule has 0 aliphatic carbocycles. The monoisotopic (exact) mass is 378 g/mol. The molecule has 0 unspecified atom stereocenters. The molecule has 0 aliphatic heterocycles. The molecule has 3 heteroatoms. The van der Waals surface area contributed by atoms with Crippen molar-refractivity contribution in [1.82, 2.24) is 4.98 Å². The minimum absolute atomic E-state index is 0.618. The molecular weight excluding hydrogens is 358 g/mol. The fraction of sp³-hybridized carbons (Fsp3) is 0.0800. The van der Waals surface area contributed by atoms with E-state index in [1.54, 1.807) is 0 Å². The SMILES string of the molecule is C[Si](C)c1cnc(-c2ccc3oc4ccccc4c3c2)cc1-c1ccccc1. The summed E-state index contributed by atoms with van der Waals surface area (Å²) in [7, 11) is -0.618. The van der Waals surface area contributed by atoms with Crippen molar-refractivity contribution in [2.24, 2.45) is 0 Å². The zero-order valence-corrected chi connectivity index (χ0v) is 16.9. The number of furan rings is 1. The van der Waals surface area contributed by atoms with E-state index in [4.69, 9.17) is 9.40 Å². The summed E-state index contributed by atoms with van der Waals surface area (Å²) in [5, 5.41) is 3.65. The first kappa shape index (κ1) is 17.0. The molecule has 5 rings (SSSR count). The molecule has 0 bridgehead atoms. The van der Waals surface area contributed by atoms with Gasteiger partial charge in [0.05, 0.1) is 14.5 Å². The Labute approximate surface area is 166 Å². The lowest BCUT2D eigenvalue weighted by Gasteiger charge is -2.14. The highest BCUT2D eigenvalue weighted by molar-refractivity contribution is 6.72. The molecule has 0 aliphatic rings. The van der Waals surface area contributed by atoms with E-state index in [2.05, 4.69) is 86.0 Å². The lowest BCUT2D eigenvalue weighted by Crippen LogP contribution is -2.25. The summed E-state index contributed by atoms with van der Waals surface area (Å²) in [5.41, 5.74) is 6.50. The van der Waals surface area contributed by atoms with Gasteiger partial charge in [0.15, 0.2) is 0 Å². The molecule has 0 spiro atoms. The van der Waals surface area contributed by atoms with Crippen molar-refractivity contribution < 1.29 is 4.42 Å². The smallest absolute Gasteiger partial charge is 0.135 e.